The summed E-state index contributed by atoms with van der Waals surface area (Å²) in [6.07, 6.45) is 1.67. The molecule has 0 radical (unpaired) electrons. The molecule has 0 saturated carbocycles. The number of H-pyrrole nitrogens is 1. The van der Waals surface area contributed by atoms with Crippen LogP contribution in [0.15, 0.2) is 32.5 Å². The highest BCUT2D eigenvalue weighted by molar-refractivity contribution is 7.18. The second-order valence-corrected chi connectivity index (χ2v) is 7.80. The molecule has 1 saturated heterocycles. The van der Waals surface area contributed by atoms with Crippen LogP contribution in [0.4, 0.5) is 0 Å². The summed E-state index contributed by atoms with van der Waals surface area (Å²) >= 11 is 3.04. The molecule has 0 spiro atoms. The number of aromatic nitrogens is 2. The number of likely N-dealkylation sites (tertiary alicyclic amines) is 1. The molecule has 0 atom stereocenters. The summed E-state index contributed by atoms with van der Waals surface area (Å²) < 4.78 is 1.44. The molecule has 0 amide bonds. The fourth-order valence-electron chi connectivity index (χ4n) is 3.23. The Kier molecular flexibility index (Phi) is 3.71. The van der Waals surface area contributed by atoms with E-state index in [0.29, 0.717) is 10.2 Å². The maximum absolute atomic E-state index is 13.0. The third-order valence-corrected chi connectivity index (χ3v) is 6.30. The van der Waals surface area contributed by atoms with Crippen LogP contribution < -0.4 is 11.2 Å². The Bertz CT molecular complexity index is 944. The molecule has 4 rings (SSSR count). The number of nitrogens with one attached hydrogen (secondary N) is 1. The second kappa shape index (κ2) is 5.74. The predicted molar refractivity (Wildman–Crippen MR) is 95.8 cm³/mol. The summed E-state index contributed by atoms with van der Waals surface area (Å²) in [5.41, 5.74) is 0.502. The zero-order valence-corrected chi connectivity index (χ0v) is 14.4. The molecule has 0 bridgehead atoms. The van der Waals surface area contributed by atoms with Gasteiger partial charge in [0.15, 0.2) is 0 Å². The number of hydrogen-bond donors (Lipinski definition) is 1. The summed E-state index contributed by atoms with van der Waals surface area (Å²) in [6, 6.07) is 3.98. The number of thiophene rings is 2. The zero-order chi connectivity index (χ0) is 16.0. The van der Waals surface area contributed by atoms with Gasteiger partial charge in [-0.25, -0.2) is 4.79 Å². The van der Waals surface area contributed by atoms with Crippen molar-refractivity contribution < 1.29 is 0 Å². The molecule has 23 heavy (non-hydrogen) atoms. The van der Waals surface area contributed by atoms with E-state index in [4.69, 9.17) is 0 Å². The minimum absolute atomic E-state index is 0.0112. The largest absolute Gasteiger partial charge is 0.329 e. The maximum Gasteiger partial charge on any atom is 0.329 e. The molecule has 0 unspecified atom stereocenters. The van der Waals surface area contributed by atoms with Crippen molar-refractivity contribution in [1.82, 2.24) is 14.5 Å². The van der Waals surface area contributed by atoms with E-state index < -0.39 is 0 Å². The molecule has 7 heteroatoms. The van der Waals surface area contributed by atoms with E-state index in [1.54, 1.807) is 11.3 Å². The van der Waals surface area contributed by atoms with Gasteiger partial charge >= 0.3 is 5.69 Å². The molecule has 5 nitrogen and oxygen atoms in total. The lowest BCUT2D eigenvalue weighted by molar-refractivity contribution is 0.216. The third-order valence-electron chi connectivity index (χ3n) is 4.50. The van der Waals surface area contributed by atoms with Crippen LogP contribution >= 0.6 is 22.7 Å². The Labute approximate surface area is 140 Å². The van der Waals surface area contributed by atoms with E-state index in [1.807, 2.05) is 22.9 Å². The van der Waals surface area contributed by atoms with E-state index in [2.05, 4.69) is 16.9 Å². The molecule has 0 aromatic carbocycles. The molecule has 120 valence electrons. The number of hydrogen-bond acceptors (Lipinski definition) is 5. The first kappa shape index (κ1) is 14.9. The van der Waals surface area contributed by atoms with E-state index in [-0.39, 0.29) is 17.3 Å². The van der Waals surface area contributed by atoms with Crippen molar-refractivity contribution in [3.8, 4) is 10.4 Å². The van der Waals surface area contributed by atoms with Crippen molar-refractivity contribution in [2.24, 2.45) is 0 Å². The van der Waals surface area contributed by atoms with Gasteiger partial charge in [0, 0.05) is 21.9 Å². The number of aromatic amines is 1. The zero-order valence-electron chi connectivity index (χ0n) is 12.7. The Morgan fingerprint density at radius 1 is 1.22 bits per heavy atom. The summed E-state index contributed by atoms with van der Waals surface area (Å²) in [5, 5.41) is 4.61. The van der Waals surface area contributed by atoms with Gasteiger partial charge in [-0.05, 0) is 44.4 Å². The average Bonchev–Trinajstić information content (AvgIpc) is 3.17. The highest BCUT2D eigenvalue weighted by Gasteiger charge is 2.23. The van der Waals surface area contributed by atoms with Crippen LogP contribution in [-0.2, 0) is 0 Å². The van der Waals surface area contributed by atoms with Gasteiger partial charge in [0.1, 0.15) is 4.83 Å². The van der Waals surface area contributed by atoms with Crippen LogP contribution in [0, 0.1) is 0 Å². The summed E-state index contributed by atoms with van der Waals surface area (Å²) in [4.78, 5) is 32.4. The molecular weight excluding hydrogens is 330 g/mol. The summed E-state index contributed by atoms with van der Waals surface area (Å²) in [5.74, 6) is 0. The highest BCUT2D eigenvalue weighted by atomic mass is 32.1. The van der Waals surface area contributed by atoms with Crippen molar-refractivity contribution in [3.63, 3.8) is 0 Å². The lowest BCUT2D eigenvalue weighted by Crippen LogP contribution is -2.42. The van der Waals surface area contributed by atoms with Crippen LogP contribution in [0.2, 0.25) is 0 Å². The lowest BCUT2D eigenvalue weighted by atomic mass is 10.1. The number of rotatable bonds is 2. The molecule has 1 N–H and O–H groups in total. The third kappa shape index (κ3) is 2.49. The van der Waals surface area contributed by atoms with E-state index in [1.165, 1.54) is 15.9 Å². The van der Waals surface area contributed by atoms with Gasteiger partial charge in [0.25, 0.3) is 5.56 Å². The van der Waals surface area contributed by atoms with Gasteiger partial charge in [0.2, 0.25) is 0 Å². The summed E-state index contributed by atoms with van der Waals surface area (Å²) in [6.45, 7) is 1.83. The van der Waals surface area contributed by atoms with E-state index in [9.17, 15) is 9.59 Å². The van der Waals surface area contributed by atoms with Crippen molar-refractivity contribution in [1.29, 1.82) is 0 Å². The molecule has 3 aromatic rings. The minimum Gasteiger partial charge on any atom is -0.306 e. The van der Waals surface area contributed by atoms with Crippen molar-refractivity contribution >= 4 is 32.9 Å². The smallest absolute Gasteiger partial charge is 0.306 e. The van der Waals surface area contributed by atoms with Gasteiger partial charge in [-0.3, -0.25) is 14.3 Å². The Morgan fingerprint density at radius 2 is 2.00 bits per heavy atom. The Balaban J connectivity index is 1.90. The van der Waals surface area contributed by atoms with Gasteiger partial charge in [-0.1, -0.05) is 6.07 Å². The van der Waals surface area contributed by atoms with E-state index in [0.717, 1.165) is 36.4 Å². The SMILES string of the molecule is CN1CCC(n2c(=O)[nH]c3scc(-c4cccs4)c3c2=O)CC1. The second-order valence-electron chi connectivity index (χ2n) is 5.97. The van der Waals surface area contributed by atoms with Crippen LogP contribution in [0.5, 0.6) is 0 Å². The number of fused-ring (bicyclic) bond motifs is 1. The first-order valence-corrected chi connectivity index (χ1v) is 9.39. The van der Waals surface area contributed by atoms with Gasteiger partial charge in [-0.2, -0.15) is 0 Å². The van der Waals surface area contributed by atoms with Crippen molar-refractivity contribution in [3.05, 3.63) is 43.7 Å². The minimum atomic E-state index is -0.281. The quantitative estimate of drug-likeness (QED) is 0.775. The number of nitrogens with zero attached hydrogens (tertiary/aromatic N) is 2. The fourth-order valence-corrected chi connectivity index (χ4v) is 5.00. The van der Waals surface area contributed by atoms with Crippen LogP contribution in [-0.4, -0.2) is 34.6 Å². The van der Waals surface area contributed by atoms with Gasteiger partial charge in [-0.15, -0.1) is 22.7 Å². The summed E-state index contributed by atoms with van der Waals surface area (Å²) in [7, 11) is 2.07. The first-order chi connectivity index (χ1) is 11.1. The van der Waals surface area contributed by atoms with Crippen LogP contribution in [0.1, 0.15) is 18.9 Å². The van der Waals surface area contributed by atoms with Crippen molar-refractivity contribution in [2.45, 2.75) is 18.9 Å². The highest BCUT2D eigenvalue weighted by Crippen LogP contribution is 2.33. The van der Waals surface area contributed by atoms with Crippen LogP contribution in [0.3, 0.4) is 0 Å². The Morgan fingerprint density at radius 3 is 2.70 bits per heavy atom. The van der Waals surface area contributed by atoms with Crippen LogP contribution in [0.25, 0.3) is 20.7 Å². The standard InChI is InChI=1S/C16H17N3O2S2/c1-18-6-4-10(5-7-18)19-15(20)13-11(12-3-2-8-22-12)9-23-14(13)17-16(19)21/h2-3,8-10H,4-7H2,1H3,(H,17,21). The topological polar surface area (TPSA) is 58.1 Å². The molecule has 0 aliphatic carbocycles. The fraction of sp³-hybridized carbons (Fsp3) is 0.375. The molecule has 1 aliphatic rings. The predicted octanol–water partition coefficient (Wildman–Crippen LogP) is 2.75. The lowest BCUT2D eigenvalue weighted by Gasteiger charge is -2.29. The normalized spacial score (nSPS) is 17.1. The molecule has 1 aliphatic heterocycles. The van der Waals surface area contributed by atoms with E-state index >= 15 is 0 Å². The molecular formula is C16H17N3O2S2. The molecule has 1 fully saturated rings. The maximum atomic E-state index is 13.0. The monoisotopic (exact) mass is 347 g/mol. The molecule has 4 heterocycles. The van der Waals surface area contributed by atoms with Crippen molar-refractivity contribution in [2.75, 3.05) is 20.1 Å². The molecule has 3 aromatic heterocycles. The first-order valence-electron chi connectivity index (χ1n) is 7.63. The van der Waals surface area contributed by atoms with Gasteiger partial charge in [0.05, 0.1) is 5.39 Å². The average molecular weight is 347 g/mol. The number of piperidine rings is 1. The van der Waals surface area contributed by atoms with Gasteiger partial charge < -0.3 is 4.90 Å². The Hall–Kier alpha value is -1.70.